The summed E-state index contributed by atoms with van der Waals surface area (Å²) in [6, 6.07) is 4.63. The zero-order valence-corrected chi connectivity index (χ0v) is 13.2. The van der Waals surface area contributed by atoms with Crippen LogP contribution in [0.4, 0.5) is 0 Å². The Morgan fingerprint density at radius 3 is 2.82 bits per heavy atom. The van der Waals surface area contributed by atoms with E-state index in [1.807, 2.05) is 0 Å². The van der Waals surface area contributed by atoms with Crippen molar-refractivity contribution in [3.63, 3.8) is 0 Å². The molecule has 0 bridgehead atoms. The van der Waals surface area contributed by atoms with Crippen LogP contribution >= 0.6 is 0 Å². The highest BCUT2D eigenvalue weighted by molar-refractivity contribution is 6.01. The van der Waals surface area contributed by atoms with Gasteiger partial charge in [0, 0.05) is 12.1 Å². The molecule has 0 radical (unpaired) electrons. The quantitative estimate of drug-likeness (QED) is 0.819. The molecule has 1 aromatic rings. The molecule has 1 atom stereocenters. The molecule has 1 aliphatic heterocycles. The number of hydrogen-bond acceptors (Lipinski definition) is 4. The summed E-state index contributed by atoms with van der Waals surface area (Å²) in [5, 5.41) is 9.25. The molecule has 0 aliphatic carbocycles. The van der Waals surface area contributed by atoms with Crippen LogP contribution in [0, 0.1) is 5.92 Å². The highest BCUT2D eigenvalue weighted by Crippen LogP contribution is 2.22. The normalized spacial score (nSPS) is 18.9. The molecule has 120 valence electrons. The Hall–Kier alpha value is -1.88. The Bertz CT molecular complexity index is 556. The number of carboxylic acids is 1. The Kier molecular flexibility index (Phi) is 5.55. The minimum Gasteiger partial charge on any atom is -0.493 e. The number of piperidine rings is 1. The summed E-state index contributed by atoms with van der Waals surface area (Å²) in [5.74, 6) is -0.209. The number of ether oxygens (including phenoxy) is 1. The van der Waals surface area contributed by atoms with Crippen molar-refractivity contribution < 1.29 is 19.4 Å². The van der Waals surface area contributed by atoms with Crippen molar-refractivity contribution in [3.8, 4) is 5.75 Å². The molecule has 1 aliphatic rings. The highest BCUT2D eigenvalue weighted by atomic mass is 16.5. The molecule has 0 saturated carbocycles. The number of carboxylic acid groups (broad SMARTS) is 1. The molecule has 5 heteroatoms. The summed E-state index contributed by atoms with van der Waals surface area (Å²) in [6.45, 7) is 6.57. The monoisotopic (exact) mass is 305 g/mol. The zero-order chi connectivity index (χ0) is 16.1. The van der Waals surface area contributed by atoms with Crippen LogP contribution in [0.5, 0.6) is 5.75 Å². The van der Waals surface area contributed by atoms with Gasteiger partial charge in [0.1, 0.15) is 11.3 Å². The molecule has 0 spiro atoms. The maximum absolute atomic E-state index is 12.4. The van der Waals surface area contributed by atoms with Crippen LogP contribution in [-0.2, 0) is 0 Å². The van der Waals surface area contributed by atoms with Gasteiger partial charge in [0.15, 0.2) is 5.78 Å². The molecule has 0 amide bonds. The number of Topliss-reactive ketones (excluding diaryl/α,β-unsaturated/α-hetero) is 1. The summed E-state index contributed by atoms with van der Waals surface area (Å²) < 4.78 is 5.29. The van der Waals surface area contributed by atoms with E-state index in [-0.39, 0.29) is 11.3 Å². The second-order valence-corrected chi connectivity index (χ2v) is 5.85. The number of carbonyl (C=O) groups excluding carboxylic acids is 1. The van der Waals surface area contributed by atoms with Crippen molar-refractivity contribution in [2.45, 2.75) is 26.7 Å². The molecule has 2 rings (SSSR count). The van der Waals surface area contributed by atoms with Crippen LogP contribution in [0.3, 0.4) is 0 Å². The topological polar surface area (TPSA) is 66.8 Å². The third kappa shape index (κ3) is 4.07. The van der Waals surface area contributed by atoms with E-state index in [1.165, 1.54) is 12.5 Å². The number of ketones is 1. The minimum atomic E-state index is -1.08. The zero-order valence-electron chi connectivity index (χ0n) is 13.2. The van der Waals surface area contributed by atoms with Crippen molar-refractivity contribution in [3.05, 3.63) is 29.3 Å². The number of rotatable bonds is 6. The standard InChI is InChI=1S/C17H23NO4/c1-3-22-16-7-6-13(9-14(16)17(20)21)15(19)11-18-8-4-5-12(2)10-18/h6-7,9,12H,3-5,8,10-11H2,1-2H3,(H,20,21). The van der Waals surface area contributed by atoms with Crippen molar-refractivity contribution >= 4 is 11.8 Å². The van der Waals surface area contributed by atoms with E-state index in [0.717, 1.165) is 19.5 Å². The molecule has 5 nitrogen and oxygen atoms in total. The van der Waals surface area contributed by atoms with E-state index in [9.17, 15) is 14.7 Å². The van der Waals surface area contributed by atoms with E-state index in [1.54, 1.807) is 19.1 Å². The van der Waals surface area contributed by atoms with Crippen molar-refractivity contribution in [1.29, 1.82) is 0 Å². The van der Waals surface area contributed by atoms with Gasteiger partial charge in [0.05, 0.1) is 13.2 Å². The van der Waals surface area contributed by atoms with E-state index in [4.69, 9.17) is 4.74 Å². The van der Waals surface area contributed by atoms with Crippen LogP contribution in [0.1, 0.15) is 47.4 Å². The van der Waals surface area contributed by atoms with Gasteiger partial charge in [-0.2, -0.15) is 0 Å². The van der Waals surface area contributed by atoms with Gasteiger partial charge in [-0.25, -0.2) is 4.79 Å². The van der Waals surface area contributed by atoms with E-state index in [0.29, 0.717) is 30.4 Å². The molecule has 1 heterocycles. The first-order valence-corrected chi connectivity index (χ1v) is 7.77. The Morgan fingerprint density at radius 1 is 1.41 bits per heavy atom. The maximum atomic E-state index is 12.4. The SMILES string of the molecule is CCOc1ccc(C(=O)CN2CCCC(C)C2)cc1C(=O)O. The lowest BCUT2D eigenvalue weighted by molar-refractivity contribution is 0.0692. The summed E-state index contributed by atoms with van der Waals surface area (Å²) in [6.07, 6.45) is 2.31. The lowest BCUT2D eigenvalue weighted by atomic mass is 9.99. The van der Waals surface area contributed by atoms with Crippen molar-refractivity contribution in [2.75, 3.05) is 26.2 Å². The molecule has 1 aromatic carbocycles. The van der Waals surface area contributed by atoms with E-state index < -0.39 is 5.97 Å². The Balaban J connectivity index is 2.12. The molecule has 0 aromatic heterocycles. The van der Waals surface area contributed by atoms with Crippen LogP contribution in [0.15, 0.2) is 18.2 Å². The first-order valence-electron chi connectivity index (χ1n) is 7.77. The second-order valence-electron chi connectivity index (χ2n) is 5.85. The number of nitrogens with zero attached hydrogens (tertiary/aromatic N) is 1. The van der Waals surface area contributed by atoms with E-state index >= 15 is 0 Å². The summed E-state index contributed by atoms with van der Waals surface area (Å²) in [7, 11) is 0. The van der Waals surface area contributed by atoms with Gasteiger partial charge in [-0.3, -0.25) is 9.69 Å². The first-order chi connectivity index (χ1) is 10.5. The Labute approximate surface area is 130 Å². The van der Waals surface area contributed by atoms with Gasteiger partial charge >= 0.3 is 5.97 Å². The fourth-order valence-corrected chi connectivity index (χ4v) is 2.88. The average Bonchev–Trinajstić information content (AvgIpc) is 2.47. The smallest absolute Gasteiger partial charge is 0.339 e. The van der Waals surface area contributed by atoms with Gasteiger partial charge in [-0.15, -0.1) is 0 Å². The lowest BCUT2D eigenvalue weighted by Gasteiger charge is -2.30. The summed E-state index contributed by atoms with van der Waals surface area (Å²) in [4.78, 5) is 25.8. The molecule has 1 N–H and O–H groups in total. The molecule has 1 unspecified atom stereocenters. The third-order valence-electron chi connectivity index (χ3n) is 3.94. The Morgan fingerprint density at radius 2 is 2.18 bits per heavy atom. The minimum absolute atomic E-state index is 0.0414. The average molecular weight is 305 g/mol. The highest BCUT2D eigenvalue weighted by Gasteiger charge is 2.21. The second kappa shape index (κ2) is 7.40. The molecular formula is C17H23NO4. The third-order valence-corrected chi connectivity index (χ3v) is 3.94. The molecule has 1 fully saturated rings. The number of likely N-dealkylation sites (tertiary alicyclic amines) is 1. The van der Waals surface area contributed by atoms with Crippen LogP contribution in [-0.4, -0.2) is 48.0 Å². The predicted molar refractivity (Wildman–Crippen MR) is 83.7 cm³/mol. The van der Waals surface area contributed by atoms with Gasteiger partial charge in [-0.05, 0) is 50.4 Å². The fourth-order valence-electron chi connectivity index (χ4n) is 2.88. The number of hydrogen-bond donors (Lipinski definition) is 1. The van der Waals surface area contributed by atoms with Crippen molar-refractivity contribution in [2.24, 2.45) is 5.92 Å². The fraction of sp³-hybridized carbons (Fsp3) is 0.529. The van der Waals surface area contributed by atoms with Crippen LogP contribution < -0.4 is 4.74 Å². The number of benzene rings is 1. The lowest BCUT2D eigenvalue weighted by Crippen LogP contribution is -2.38. The van der Waals surface area contributed by atoms with Crippen LogP contribution in [0.2, 0.25) is 0 Å². The van der Waals surface area contributed by atoms with Gasteiger partial charge < -0.3 is 9.84 Å². The van der Waals surface area contributed by atoms with Gasteiger partial charge in [0.2, 0.25) is 0 Å². The molecule has 1 saturated heterocycles. The summed E-state index contributed by atoms with van der Waals surface area (Å²) in [5.41, 5.74) is 0.471. The number of carbonyl (C=O) groups is 2. The molecule has 22 heavy (non-hydrogen) atoms. The first kappa shape index (κ1) is 16.5. The van der Waals surface area contributed by atoms with Crippen LogP contribution in [0.25, 0.3) is 0 Å². The molecular weight excluding hydrogens is 282 g/mol. The largest absolute Gasteiger partial charge is 0.493 e. The van der Waals surface area contributed by atoms with Gasteiger partial charge in [0.25, 0.3) is 0 Å². The summed E-state index contributed by atoms with van der Waals surface area (Å²) >= 11 is 0. The number of aromatic carboxylic acids is 1. The van der Waals surface area contributed by atoms with E-state index in [2.05, 4.69) is 11.8 Å². The predicted octanol–water partition coefficient (Wildman–Crippen LogP) is 2.70. The van der Waals surface area contributed by atoms with Gasteiger partial charge in [-0.1, -0.05) is 6.92 Å². The van der Waals surface area contributed by atoms with Crippen molar-refractivity contribution in [1.82, 2.24) is 4.90 Å². The maximum Gasteiger partial charge on any atom is 0.339 e.